The molecule has 0 radical (unpaired) electrons. The van der Waals surface area contributed by atoms with Gasteiger partial charge in [-0.25, -0.2) is 0 Å². The van der Waals surface area contributed by atoms with Crippen molar-refractivity contribution in [2.45, 2.75) is 13.8 Å². The van der Waals surface area contributed by atoms with Crippen LogP contribution in [0.4, 0.5) is 0 Å². The number of piperazine rings is 1. The molecule has 2 aliphatic rings. The molecule has 0 atom stereocenters. The number of β-amino-alcohol motifs (C(OH)–C–C–N with tert-alkyl or cyclic N) is 1. The van der Waals surface area contributed by atoms with E-state index < -0.39 is 0 Å². The largest absolute Gasteiger partial charge is 0.486 e. The molecule has 0 aliphatic carbocycles. The van der Waals surface area contributed by atoms with Crippen molar-refractivity contribution in [2.24, 2.45) is 0 Å². The lowest BCUT2D eigenvalue weighted by Gasteiger charge is -2.34. The van der Waals surface area contributed by atoms with Gasteiger partial charge >= 0.3 is 0 Å². The van der Waals surface area contributed by atoms with Crippen LogP contribution >= 0.6 is 0 Å². The lowest BCUT2D eigenvalue weighted by molar-refractivity contribution is 0.0614. The number of carbonyl (C=O) groups is 1. The minimum Gasteiger partial charge on any atom is -0.486 e. The smallest absolute Gasteiger partial charge is 0.255 e. The summed E-state index contributed by atoms with van der Waals surface area (Å²) in [5.74, 6) is 1.57. The van der Waals surface area contributed by atoms with E-state index in [0.717, 1.165) is 47.2 Å². The molecular formula is C21H27N3O4. The van der Waals surface area contributed by atoms with E-state index >= 15 is 0 Å². The molecule has 1 aromatic heterocycles. The van der Waals surface area contributed by atoms with E-state index in [2.05, 4.69) is 9.47 Å². The van der Waals surface area contributed by atoms with Gasteiger partial charge in [0.05, 0.1) is 12.2 Å². The molecule has 4 rings (SSSR count). The second-order valence-corrected chi connectivity index (χ2v) is 7.31. The quantitative estimate of drug-likeness (QED) is 0.866. The lowest BCUT2D eigenvalue weighted by atomic mass is 10.2. The van der Waals surface area contributed by atoms with Crippen molar-refractivity contribution in [1.29, 1.82) is 0 Å². The number of ether oxygens (including phenoxy) is 2. The van der Waals surface area contributed by atoms with Crippen LogP contribution in [0.25, 0.3) is 5.69 Å². The third-order valence-corrected chi connectivity index (χ3v) is 5.52. The Balaban J connectivity index is 1.57. The first-order chi connectivity index (χ1) is 13.6. The molecule has 7 heteroatoms. The molecule has 3 heterocycles. The number of rotatable bonds is 4. The van der Waals surface area contributed by atoms with Crippen LogP contribution in [0.1, 0.15) is 21.7 Å². The molecule has 2 aromatic rings. The van der Waals surface area contributed by atoms with E-state index in [-0.39, 0.29) is 12.5 Å². The number of aryl methyl sites for hydroxylation is 1. The molecule has 1 amide bonds. The summed E-state index contributed by atoms with van der Waals surface area (Å²) in [6.45, 7) is 8.91. The van der Waals surface area contributed by atoms with Gasteiger partial charge in [-0.2, -0.15) is 0 Å². The highest BCUT2D eigenvalue weighted by Crippen LogP contribution is 2.33. The summed E-state index contributed by atoms with van der Waals surface area (Å²) in [6.07, 6.45) is 0. The molecule has 28 heavy (non-hydrogen) atoms. The van der Waals surface area contributed by atoms with Crippen LogP contribution in [-0.4, -0.2) is 77.9 Å². The molecule has 0 bridgehead atoms. The number of hydrogen-bond donors (Lipinski definition) is 1. The van der Waals surface area contributed by atoms with Gasteiger partial charge in [0.25, 0.3) is 5.91 Å². The van der Waals surface area contributed by atoms with Crippen LogP contribution in [0.15, 0.2) is 24.3 Å². The Bertz CT molecular complexity index is 869. The second kappa shape index (κ2) is 7.85. The van der Waals surface area contributed by atoms with Gasteiger partial charge in [0.15, 0.2) is 11.5 Å². The third kappa shape index (κ3) is 3.47. The van der Waals surface area contributed by atoms with Crippen LogP contribution in [0.2, 0.25) is 0 Å². The number of aliphatic hydroxyl groups excluding tert-OH is 1. The van der Waals surface area contributed by atoms with Gasteiger partial charge in [0, 0.05) is 55.9 Å². The van der Waals surface area contributed by atoms with Crippen molar-refractivity contribution in [3.05, 3.63) is 41.2 Å². The zero-order chi connectivity index (χ0) is 19.7. The number of nitrogens with zero attached hydrogens (tertiary/aromatic N) is 3. The van der Waals surface area contributed by atoms with Gasteiger partial charge in [-0.1, -0.05) is 0 Å². The Morgan fingerprint density at radius 3 is 2.46 bits per heavy atom. The molecule has 7 nitrogen and oxygen atoms in total. The molecule has 2 aliphatic heterocycles. The normalized spacial score (nSPS) is 17.0. The number of carbonyl (C=O) groups excluding carboxylic acids is 1. The summed E-state index contributed by atoms with van der Waals surface area (Å²) < 4.78 is 13.4. The van der Waals surface area contributed by atoms with Crippen LogP contribution in [0.5, 0.6) is 11.5 Å². The maximum atomic E-state index is 13.1. The second-order valence-electron chi connectivity index (χ2n) is 7.31. The standard InChI is InChI=1S/C21H27N3O4/c1-15-13-18(21(26)23-7-5-22(6-8-23)9-10-25)16(2)24(15)17-3-4-19-20(14-17)28-12-11-27-19/h3-4,13-14,25H,5-12H2,1-2H3. The lowest BCUT2D eigenvalue weighted by Crippen LogP contribution is -2.49. The molecule has 1 aromatic carbocycles. The Morgan fingerprint density at radius 1 is 1.04 bits per heavy atom. The summed E-state index contributed by atoms with van der Waals surface area (Å²) in [5, 5.41) is 9.08. The zero-order valence-corrected chi connectivity index (χ0v) is 16.5. The predicted octanol–water partition coefficient (Wildman–Crippen LogP) is 1.62. The average molecular weight is 385 g/mol. The first-order valence-electron chi connectivity index (χ1n) is 9.80. The van der Waals surface area contributed by atoms with Crippen LogP contribution in [0.3, 0.4) is 0 Å². The van der Waals surface area contributed by atoms with Gasteiger partial charge in [0.2, 0.25) is 0 Å². The number of fused-ring (bicyclic) bond motifs is 1. The highest BCUT2D eigenvalue weighted by atomic mass is 16.6. The summed E-state index contributed by atoms with van der Waals surface area (Å²) in [6, 6.07) is 7.85. The third-order valence-electron chi connectivity index (χ3n) is 5.52. The fourth-order valence-corrected chi connectivity index (χ4v) is 4.03. The molecule has 150 valence electrons. The molecular weight excluding hydrogens is 358 g/mol. The Kier molecular flexibility index (Phi) is 5.28. The van der Waals surface area contributed by atoms with Crippen molar-refractivity contribution in [3.63, 3.8) is 0 Å². The number of aromatic nitrogens is 1. The Labute approximate surface area is 165 Å². The van der Waals surface area contributed by atoms with Gasteiger partial charge in [-0.15, -0.1) is 0 Å². The van der Waals surface area contributed by atoms with Crippen molar-refractivity contribution >= 4 is 5.91 Å². The molecule has 0 saturated carbocycles. The zero-order valence-electron chi connectivity index (χ0n) is 16.5. The highest BCUT2D eigenvalue weighted by molar-refractivity contribution is 5.96. The first-order valence-corrected chi connectivity index (χ1v) is 9.80. The SMILES string of the molecule is Cc1cc(C(=O)N2CCN(CCO)CC2)c(C)n1-c1ccc2c(c1)OCCO2. The van der Waals surface area contributed by atoms with Gasteiger partial charge in [-0.3, -0.25) is 9.69 Å². The Hall–Kier alpha value is -2.51. The first kappa shape index (κ1) is 18.8. The minimum absolute atomic E-state index is 0.0699. The summed E-state index contributed by atoms with van der Waals surface area (Å²) in [7, 11) is 0. The van der Waals surface area contributed by atoms with Gasteiger partial charge in [0.1, 0.15) is 13.2 Å². The summed E-state index contributed by atoms with van der Waals surface area (Å²) in [4.78, 5) is 17.2. The maximum Gasteiger partial charge on any atom is 0.255 e. The Morgan fingerprint density at radius 2 is 1.75 bits per heavy atom. The number of hydrogen-bond acceptors (Lipinski definition) is 5. The fourth-order valence-electron chi connectivity index (χ4n) is 4.03. The number of benzene rings is 1. The van der Waals surface area contributed by atoms with Gasteiger partial charge < -0.3 is 24.0 Å². The topological polar surface area (TPSA) is 67.2 Å². The van der Waals surface area contributed by atoms with E-state index in [1.807, 2.05) is 43.0 Å². The molecule has 0 spiro atoms. The van der Waals surface area contributed by atoms with E-state index in [1.165, 1.54) is 0 Å². The molecule has 1 N–H and O–H groups in total. The highest BCUT2D eigenvalue weighted by Gasteiger charge is 2.25. The molecule has 1 saturated heterocycles. The van der Waals surface area contributed by atoms with Crippen LogP contribution < -0.4 is 9.47 Å². The van der Waals surface area contributed by atoms with Crippen molar-refractivity contribution in [1.82, 2.24) is 14.4 Å². The van der Waals surface area contributed by atoms with Crippen molar-refractivity contribution in [3.8, 4) is 17.2 Å². The minimum atomic E-state index is 0.0699. The predicted molar refractivity (Wildman–Crippen MR) is 106 cm³/mol. The van der Waals surface area contributed by atoms with Crippen molar-refractivity contribution < 1.29 is 19.4 Å². The van der Waals surface area contributed by atoms with E-state index in [9.17, 15) is 4.79 Å². The number of amides is 1. The van der Waals surface area contributed by atoms with Gasteiger partial charge in [-0.05, 0) is 32.0 Å². The molecule has 1 fully saturated rings. The summed E-state index contributed by atoms with van der Waals surface area (Å²) >= 11 is 0. The monoisotopic (exact) mass is 385 g/mol. The van der Waals surface area contributed by atoms with Crippen molar-refractivity contribution in [2.75, 3.05) is 52.5 Å². The van der Waals surface area contributed by atoms with Crippen LogP contribution in [0, 0.1) is 13.8 Å². The van der Waals surface area contributed by atoms with E-state index in [4.69, 9.17) is 14.6 Å². The van der Waals surface area contributed by atoms with E-state index in [1.54, 1.807) is 0 Å². The molecule has 0 unspecified atom stereocenters. The maximum absolute atomic E-state index is 13.1. The fraction of sp³-hybridized carbons (Fsp3) is 0.476. The van der Waals surface area contributed by atoms with E-state index in [0.29, 0.717) is 32.8 Å². The average Bonchev–Trinajstić information content (AvgIpc) is 3.02. The summed E-state index contributed by atoms with van der Waals surface area (Å²) in [5.41, 5.74) is 3.64. The number of aliphatic hydroxyl groups is 1. The van der Waals surface area contributed by atoms with Crippen LogP contribution in [-0.2, 0) is 0 Å².